The minimum absolute atomic E-state index is 0.145. The van der Waals surface area contributed by atoms with Gasteiger partial charge in [-0.1, -0.05) is 18.2 Å². The molecule has 7 heteroatoms. The SMILES string of the molecule is O=S(=O)(NC[C@](O)(c1ccsc1)c1ccco1)c1ccccc1. The van der Waals surface area contributed by atoms with E-state index in [2.05, 4.69) is 4.72 Å². The van der Waals surface area contributed by atoms with Crippen molar-refractivity contribution >= 4 is 21.4 Å². The fourth-order valence-electron chi connectivity index (χ4n) is 2.23. The van der Waals surface area contributed by atoms with E-state index in [1.807, 2.05) is 5.38 Å². The van der Waals surface area contributed by atoms with Crippen LogP contribution in [0.1, 0.15) is 11.3 Å². The third-order valence-corrected chi connectivity index (χ3v) is 5.60. The first-order chi connectivity index (χ1) is 11.0. The van der Waals surface area contributed by atoms with Gasteiger partial charge in [0.15, 0.2) is 5.60 Å². The van der Waals surface area contributed by atoms with Crippen LogP contribution in [0.5, 0.6) is 0 Å². The predicted octanol–water partition coefficient (Wildman–Crippen LogP) is 2.56. The van der Waals surface area contributed by atoms with Crippen LogP contribution in [0.4, 0.5) is 0 Å². The summed E-state index contributed by atoms with van der Waals surface area (Å²) in [6.45, 7) is -0.228. The third-order valence-electron chi connectivity index (χ3n) is 3.50. The maximum Gasteiger partial charge on any atom is 0.240 e. The van der Waals surface area contributed by atoms with Crippen molar-refractivity contribution in [3.05, 3.63) is 76.9 Å². The van der Waals surface area contributed by atoms with Crippen molar-refractivity contribution in [2.75, 3.05) is 6.54 Å². The van der Waals surface area contributed by atoms with Gasteiger partial charge in [0.05, 0.1) is 17.7 Å². The topological polar surface area (TPSA) is 79.5 Å². The first-order valence-electron chi connectivity index (χ1n) is 6.86. The Morgan fingerprint density at radius 1 is 1.13 bits per heavy atom. The fraction of sp³-hybridized carbons (Fsp3) is 0.125. The molecule has 0 spiro atoms. The smallest absolute Gasteiger partial charge is 0.240 e. The molecule has 3 aromatic rings. The van der Waals surface area contributed by atoms with E-state index in [0.717, 1.165) is 0 Å². The van der Waals surface area contributed by atoms with E-state index < -0.39 is 15.6 Å². The van der Waals surface area contributed by atoms with E-state index in [1.165, 1.54) is 29.7 Å². The zero-order chi connectivity index (χ0) is 16.3. The summed E-state index contributed by atoms with van der Waals surface area (Å²) >= 11 is 1.41. The summed E-state index contributed by atoms with van der Waals surface area (Å²) in [5.41, 5.74) is -0.987. The summed E-state index contributed by atoms with van der Waals surface area (Å²) in [7, 11) is -3.72. The molecule has 0 aliphatic heterocycles. The van der Waals surface area contributed by atoms with Crippen molar-refractivity contribution in [3.63, 3.8) is 0 Å². The van der Waals surface area contributed by atoms with Crippen molar-refractivity contribution in [3.8, 4) is 0 Å². The minimum Gasteiger partial charge on any atom is -0.466 e. The minimum atomic E-state index is -3.72. The Bertz CT molecular complexity index is 807. The number of aliphatic hydroxyl groups is 1. The molecule has 0 aliphatic rings. The molecule has 0 amide bonds. The Morgan fingerprint density at radius 3 is 2.52 bits per heavy atom. The van der Waals surface area contributed by atoms with Gasteiger partial charge >= 0.3 is 0 Å². The number of nitrogens with one attached hydrogen (secondary N) is 1. The average molecular weight is 349 g/mol. The Labute approximate surface area is 138 Å². The summed E-state index contributed by atoms with van der Waals surface area (Å²) in [5, 5.41) is 14.6. The van der Waals surface area contributed by atoms with Gasteiger partial charge in [-0.25, -0.2) is 13.1 Å². The molecule has 1 aromatic carbocycles. The van der Waals surface area contributed by atoms with Crippen molar-refractivity contribution in [2.24, 2.45) is 0 Å². The molecule has 2 aromatic heterocycles. The molecule has 0 unspecified atom stereocenters. The van der Waals surface area contributed by atoms with Gasteiger partial charge in [-0.05, 0) is 41.1 Å². The van der Waals surface area contributed by atoms with E-state index in [0.29, 0.717) is 5.56 Å². The number of furan rings is 1. The lowest BCUT2D eigenvalue weighted by Crippen LogP contribution is -2.41. The van der Waals surface area contributed by atoms with Gasteiger partial charge in [0.1, 0.15) is 5.76 Å². The molecule has 0 radical (unpaired) electrons. The largest absolute Gasteiger partial charge is 0.466 e. The monoisotopic (exact) mass is 349 g/mol. The molecule has 0 bridgehead atoms. The van der Waals surface area contributed by atoms with Crippen molar-refractivity contribution in [1.82, 2.24) is 4.72 Å². The highest BCUT2D eigenvalue weighted by Gasteiger charge is 2.36. The number of benzene rings is 1. The summed E-state index contributed by atoms with van der Waals surface area (Å²) < 4.78 is 32.5. The summed E-state index contributed by atoms with van der Waals surface area (Å²) in [6, 6.07) is 13.0. The quantitative estimate of drug-likeness (QED) is 0.717. The van der Waals surface area contributed by atoms with Gasteiger partial charge in [0.2, 0.25) is 10.0 Å². The highest BCUT2D eigenvalue weighted by Crippen LogP contribution is 2.31. The van der Waals surface area contributed by atoms with E-state index in [4.69, 9.17) is 4.42 Å². The van der Waals surface area contributed by atoms with Crippen LogP contribution < -0.4 is 4.72 Å². The van der Waals surface area contributed by atoms with E-state index in [9.17, 15) is 13.5 Å². The van der Waals surface area contributed by atoms with Crippen LogP contribution >= 0.6 is 11.3 Å². The standard InChI is InChI=1S/C16H15NO4S2/c18-16(13-8-10-22-11-13,15-7-4-9-21-15)12-17-23(19,20)14-5-2-1-3-6-14/h1-11,17-18H,12H2/t16-/m0/s1. The zero-order valence-electron chi connectivity index (χ0n) is 12.0. The molecule has 0 saturated carbocycles. The highest BCUT2D eigenvalue weighted by molar-refractivity contribution is 7.89. The summed E-state index contributed by atoms with van der Waals surface area (Å²) in [5.74, 6) is 0.284. The first-order valence-corrected chi connectivity index (χ1v) is 9.29. The Balaban J connectivity index is 1.89. The molecule has 2 heterocycles. The van der Waals surface area contributed by atoms with E-state index in [-0.39, 0.29) is 17.2 Å². The van der Waals surface area contributed by atoms with Gasteiger partial charge in [0.25, 0.3) is 0 Å². The van der Waals surface area contributed by atoms with Crippen molar-refractivity contribution in [2.45, 2.75) is 10.5 Å². The van der Waals surface area contributed by atoms with Crippen LogP contribution in [0, 0.1) is 0 Å². The van der Waals surface area contributed by atoms with Crippen molar-refractivity contribution < 1.29 is 17.9 Å². The molecule has 5 nitrogen and oxygen atoms in total. The molecule has 23 heavy (non-hydrogen) atoms. The Kier molecular flexibility index (Phi) is 4.36. The molecule has 0 saturated heterocycles. The number of rotatable bonds is 6. The van der Waals surface area contributed by atoms with E-state index >= 15 is 0 Å². The van der Waals surface area contributed by atoms with Gasteiger partial charge in [-0.2, -0.15) is 11.3 Å². The predicted molar refractivity (Wildman–Crippen MR) is 87.7 cm³/mol. The fourth-order valence-corrected chi connectivity index (χ4v) is 4.03. The molecule has 0 aliphatic carbocycles. The van der Waals surface area contributed by atoms with Crippen LogP contribution in [0.3, 0.4) is 0 Å². The zero-order valence-corrected chi connectivity index (χ0v) is 13.7. The van der Waals surface area contributed by atoms with E-state index in [1.54, 1.807) is 41.8 Å². The van der Waals surface area contributed by atoms with Crippen LogP contribution in [-0.4, -0.2) is 20.1 Å². The maximum atomic E-state index is 12.4. The second kappa shape index (κ2) is 6.29. The molecule has 2 N–H and O–H groups in total. The van der Waals surface area contributed by atoms with Crippen molar-refractivity contribution in [1.29, 1.82) is 0 Å². The molecule has 3 rings (SSSR count). The number of sulfonamides is 1. The molecule has 0 fully saturated rings. The summed E-state index contributed by atoms with van der Waals surface area (Å²) in [4.78, 5) is 0.145. The lowest BCUT2D eigenvalue weighted by Gasteiger charge is -2.25. The lowest BCUT2D eigenvalue weighted by atomic mass is 9.94. The molecular weight excluding hydrogens is 334 g/mol. The number of hydrogen-bond donors (Lipinski definition) is 2. The highest BCUT2D eigenvalue weighted by atomic mass is 32.2. The van der Waals surface area contributed by atoms with Crippen LogP contribution in [-0.2, 0) is 15.6 Å². The van der Waals surface area contributed by atoms with Crippen LogP contribution in [0.15, 0.2) is 74.9 Å². The third kappa shape index (κ3) is 3.23. The van der Waals surface area contributed by atoms with Gasteiger partial charge < -0.3 is 9.52 Å². The molecule has 120 valence electrons. The molecule has 1 atom stereocenters. The molecular formula is C16H15NO4S2. The maximum absolute atomic E-state index is 12.4. The van der Waals surface area contributed by atoms with Gasteiger partial charge in [-0.15, -0.1) is 0 Å². The first kappa shape index (κ1) is 15.9. The second-order valence-electron chi connectivity index (χ2n) is 4.99. The Hall–Kier alpha value is -1.93. The van der Waals surface area contributed by atoms with Crippen LogP contribution in [0.25, 0.3) is 0 Å². The normalized spacial score (nSPS) is 14.5. The number of hydrogen-bond acceptors (Lipinski definition) is 5. The van der Waals surface area contributed by atoms with Gasteiger partial charge in [-0.3, -0.25) is 0 Å². The Morgan fingerprint density at radius 2 is 1.91 bits per heavy atom. The van der Waals surface area contributed by atoms with Gasteiger partial charge in [0, 0.05) is 5.56 Å². The number of thiophene rings is 1. The average Bonchev–Trinajstić information content (AvgIpc) is 3.27. The second-order valence-corrected chi connectivity index (χ2v) is 7.53. The summed E-state index contributed by atoms with van der Waals surface area (Å²) in [6.07, 6.45) is 1.44. The lowest BCUT2D eigenvalue weighted by molar-refractivity contribution is 0.0623. The van der Waals surface area contributed by atoms with Crippen LogP contribution in [0.2, 0.25) is 0 Å².